The second kappa shape index (κ2) is 3.57. The third-order valence-electron chi connectivity index (χ3n) is 1.45. The zero-order valence-electron chi connectivity index (χ0n) is 6.68. The van der Waals surface area contributed by atoms with E-state index < -0.39 is 0 Å². The maximum atomic E-state index is 4.06. The van der Waals surface area contributed by atoms with E-state index in [-0.39, 0.29) is 0 Å². The van der Waals surface area contributed by atoms with Gasteiger partial charge in [-0.2, -0.15) is 0 Å². The summed E-state index contributed by atoms with van der Waals surface area (Å²) in [5.41, 5.74) is 2.98. The van der Waals surface area contributed by atoms with E-state index in [0.29, 0.717) is 5.95 Å². The number of hydrogen-bond donors (Lipinski definition) is 1. The number of nitrogens with zero attached hydrogens (tertiary/aromatic N) is 3. The minimum atomic E-state index is 0.569. The molecule has 0 saturated carbocycles. The fourth-order valence-electron chi connectivity index (χ4n) is 0.895. The summed E-state index contributed by atoms with van der Waals surface area (Å²) in [6, 6.07) is 3.84. The van der Waals surface area contributed by atoms with E-state index in [2.05, 4.69) is 31.3 Å². The van der Waals surface area contributed by atoms with Crippen LogP contribution in [0.1, 0.15) is 0 Å². The Balaban J connectivity index is 2.15. The SMILES string of the molecule is Brc1cnc(Nn2cccc2)nc1. The summed E-state index contributed by atoms with van der Waals surface area (Å²) in [6.07, 6.45) is 7.15. The molecular formula is C8H7BrN4. The lowest BCUT2D eigenvalue weighted by atomic mass is 10.7. The van der Waals surface area contributed by atoms with E-state index in [1.54, 1.807) is 17.1 Å². The lowest BCUT2D eigenvalue weighted by Crippen LogP contribution is -2.08. The van der Waals surface area contributed by atoms with Crippen molar-refractivity contribution >= 4 is 21.9 Å². The van der Waals surface area contributed by atoms with Crippen LogP contribution in [-0.4, -0.2) is 14.6 Å². The van der Waals surface area contributed by atoms with Gasteiger partial charge in [0.25, 0.3) is 0 Å². The smallest absolute Gasteiger partial charge is 0.242 e. The lowest BCUT2D eigenvalue weighted by Gasteiger charge is -2.03. The van der Waals surface area contributed by atoms with Gasteiger partial charge in [0.05, 0.1) is 4.47 Å². The molecule has 0 atom stereocenters. The van der Waals surface area contributed by atoms with Crippen LogP contribution in [0.25, 0.3) is 0 Å². The molecule has 0 radical (unpaired) electrons. The Bertz CT molecular complexity index is 368. The van der Waals surface area contributed by atoms with E-state index in [1.807, 2.05) is 24.5 Å². The van der Waals surface area contributed by atoms with Crippen molar-refractivity contribution in [1.82, 2.24) is 14.6 Å². The van der Waals surface area contributed by atoms with Crippen molar-refractivity contribution in [2.45, 2.75) is 0 Å². The van der Waals surface area contributed by atoms with E-state index in [0.717, 1.165) is 4.47 Å². The Kier molecular flexibility index (Phi) is 2.27. The summed E-state index contributed by atoms with van der Waals surface area (Å²) in [4.78, 5) is 8.13. The van der Waals surface area contributed by atoms with Crippen LogP contribution in [0.4, 0.5) is 5.95 Å². The zero-order valence-corrected chi connectivity index (χ0v) is 8.27. The highest BCUT2D eigenvalue weighted by atomic mass is 79.9. The van der Waals surface area contributed by atoms with Gasteiger partial charge in [0.15, 0.2) is 0 Å². The summed E-state index contributed by atoms with van der Waals surface area (Å²) in [5.74, 6) is 0.569. The molecule has 0 fully saturated rings. The molecule has 0 bridgehead atoms. The van der Waals surface area contributed by atoms with Crippen LogP contribution in [0.3, 0.4) is 0 Å². The molecule has 2 heterocycles. The first kappa shape index (κ1) is 8.25. The van der Waals surface area contributed by atoms with Crippen LogP contribution in [0.2, 0.25) is 0 Å². The Morgan fingerprint density at radius 1 is 1.15 bits per heavy atom. The number of aromatic nitrogens is 3. The van der Waals surface area contributed by atoms with Gasteiger partial charge in [-0.15, -0.1) is 0 Å². The summed E-state index contributed by atoms with van der Waals surface area (Å²) in [5, 5.41) is 0. The minimum Gasteiger partial charge on any atom is -0.268 e. The second-order valence-electron chi connectivity index (χ2n) is 2.43. The van der Waals surface area contributed by atoms with Gasteiger partial charge in [-0.25, -0.2) is 9.97 Å². The topological polar surface area (TPSA) is 42.7 Å². The molecule has 0 spiro atoms. The maximum absolute atomic E-state index is 4.06. The van der Waals surface area contributed by atoms with Crippen LogP contribution < -0.4 is 5.43 Å². The van der Waals surface area contributed by atoms with Crippen LogP contribution >= 0.6 is 15.9 Å². The van der Waals surface area contributed by atoms with Crippen molar-refractivity contribution in [3.05, 3.63) is 41.4 Å². The first-order valence-electron chi connectivity index (χ1n) is 3.72. The molecule has 1 N–H and O–H groups in total. The lowest BCUT2D eigenvalue weighted by molar-refractivity contribution is 0.926. The monoisotopic (exact) mass is 238 g/mol. The first-order chi connectivity index (χ1) is 6.34. The normalized spacial score (nSPS) is 9.92. The Morgan fingerprint density at radius 3 is 2.38 bits per heavy atom. The third-order valence-corrected chi connectivity index (χ3v) is 1.86. The average molecular weight is 239 g/mol. The maximum Gasteiger partial charge on any atom is 0.242 e. The highest BCUT2D eigenvalue weighted by molar-refractivity contribution is 9.10. The number of hydrogen-bond acceptors (Lipinski definition) is 3. The molecule has 0 aliphatic heterocycles. The van der Waals surface area contributed by atoms with Gasteiger partial charge in [0.2, 0.25) is 5.95 Å². The van der Waals surface area contributed by atoms with Crippen LogP contribution in [-0.2, 0) is 0 Å². The molecule has 0 aromatic carbocycles. The minimum absolute atomic E-state index is 0.569. The average Bonchev–Trinajstić information content (AvgIpc) is 2.62. The first-order valence-corrected chi connectivity index (χ1v) is 4.51. The Morgan fingerprint density at radius 2 is 1.77 bits per heavy atom. The van der Waals surface area contributed by atoms with Crippen LogP contribution in [0, 0.1) is 0 Å². The standard InChI is InChI=1S/C8H7BrN4/c9-7-5-10-8(11-6-7)12-13-3-1-2-4-13/h1-6H,(H,10,11,12). The third kappa shape index (κ3) is 2.06. The molecule has 0 aliphatic rings. The highest BCUT2D eigenvalue weighted by Crippen LogP contribution is 2.06. The van der Waals surface area contributed by atoms with Crippen molar-refractivity contribution < 1.29 is 0 Å². The molecule has 66 valence electrons. The fraction of sp³-hybridized carbons (Fsp3) is 0. The molecule has 2 rings (SSSR count). The molecule has 0 saturated heterocycles. The number of nitrogens with one attached hydrogen (secondary N) is 1. The molecule has 5 heteroatoms. The largest absolute Gasteiger partial charge is 0.268 e. The van der Waals surface area contributed by atoms with Crippen molar-refractivity contribution in [3.63, 3.8) is 0 Å². The van der Waals surface area contributed by atoms with Crippen molar-refractivity contribution in [1.29, 1.82) is 0 Å². The highest BCUT2D eigenvalue weighted by Gasteiger charge is 1.94. The molecule has 2 aromatic rings. The van der Waals surface area contributed by atoms with Gasteiger partial charge in [-0.3, -0.25) is 10.1 Å². The Labute approximate surface area is 83.7 Å². The van der Waals surface area contributed by atoms with Gasteiger partial charge in [0.1, 0.15) is 0 Å². The van der Waals surface area contributed by atoms with E-state index >= 15 is 0 Å². The summed E-state index contributed by atoms with van der Waals surface area (Å²) in [7, 11) is 0. The quantitative estimate of drug-likeness (QED) is 0.870. The summed E-state index contributed by atoms with van der Waals surface area (Å²) < 4.78 is 2.65. The zero-order chi connectivity index (χ0) is 9.10. The van der Waals surface area contributed by atoms with E-state index in [9.17, 15) is 0 Å². The molecule has 13 heavy (non-hydrogen) atoms. The molecule has 2 aromatic heterocycles. The van der Waals surface area contributed by atoms with Crippen molar-refractivity contribution in [3.8, 4) is 0 Å². The number of rotatable bonds is 2. The van der Waals surface area contributed by atoms with E-state index in [4.69, 9.17) is 0 Å². The van der Waals surface area contributed by atoms with Crippen molar-refractivity contribution in [2.75, 3.05) is 5.43 Å². The van der Waals surface area contributed by atoms with Gasteiger partial charge >= 0.3 is 0 Å². The predicted molar refractivity (Wildman–Crippen MR) is 53.2 cm³/mol. The molecule has 0 amide bonds. The molecule has 0 unspecified atom stereocenters. The summed E-state index contributed by atoms with van der Waals surface area (Å²) >= 11 is 3.26. The molecule has 0 aliphatic carbocycles. The summed E-state index contributed by atoms with van der Waals surface area (Å²) in [6.45, 7) is 0. The van der Waals surface area contributed by atoms with Gasteiger partial charge < -0.3 is 0 Å². The van der Waals surface area contributed by atoms with Gasteiger partial charge in [-0.1, -0.05) is 0 Å². The van der Waals surface area contributed by atoms with Gasteiger partial charge in [-0.05, 0) is 28.1 Å². The number of anilines is 1. The number of halogens is 1. The predicted octanol–water partition coefficient (Wildman–Crippen LogP) is 1.92. The molecular weight excluding hydrogens is 232 g/mol. The van der Waals surface area contributed by atoms with Crippen LogP contribution in [0.5, 0.6) is 0 Å². The van der Waals surface area contributed by atoms with Crippen molar-refractivity contribution in [2.24, 2.45) is 0 Å². The van der Waals surface area contributed by atoms with Crippen LogP contribution in [0.15, 0.2) is 41.4 Å². The van der Waals surface area contributed by atoms with E-state index in [1.165, 1.54) is 0 Å². The second-order valence-corrected chi connectivity index (χ2v) is 3.34. The fourth-order valence-corrected chi connectivity index (χ4v) is 1.10. The molecule has 4 nitrogen and oxygen atoms in total. The van der Waals surface area contributed by atoms with Gasteiger partial charge in [0, 0.05) is 24.8 Å². The Hall–Kier alpha value is -1.36.